The summed E-state index contributed by atoms with van der Waals surface area (Å²) >= 11 is 0. The topological polar surface area (TPSA) is 38.0 Å². The highest BCUT2D eigenvalue weighted by molar-refractivity contribution is 4.91. The molecular weight excluding hydrogens is 124 g/mol. The lowest BCUT2D eigenvalue weighted by atomic mass is 10.0. The first-order chi connectivity index (χ1) is 4.81. The van der Waals surface area contributed by atoms with E-state index in [1.54, 1.807) is 0 Å². The molecule has 1 unspecified atom stereocenters. The van der Waals surface area contributed by atoms with Gasteiger partial charge in [-0.1, -0.05) is 12.2 Å². The van der Waals surface area contributed by atoms with Gasteiger partial charge in [-0.05, 0) is 33.4 Å². The highest BCUT2D eigenvalue weighted by atomic mass is 14.7. The Kier molecular flexibility index (Phi) is 6.55. The molecule has 0 aromatic rings. The Hall–Kier alpha value is -0.340. The van der Waals surface area contributed by atoms with Crippen LogP contribution < -0.4 is 11.1 Å². The molecule has 0 spiro atoms. The van der Waals surface area contributed by atoms with Crippen LogP contribution in [0.4, 0.5) is 0 Å². The van der Waals surface area contributed by atoms with Crippen LogP contribution in [0, 0.1) is 0 Å². The molecule has 0 bridgehead atoms. The van der Waals surface area contributed by atoms with Crippen LogP contribution in [0.25, 0.3) is 0 Å². The van der Waals surface area contributed by atoms with E-state index in [1.807, 2.05) is 14.1 Å². The molecule has 10 heavy (non-hydrogen) atoms. The van der Waals surface area contributed by atoms with Crippen molar-refractivity contribution in [3.05, 3.63) is 12.2 Å². The van der Waals surface area contributed by atoms with Crippen molar-refractivity contribution in [1.29, 1.82) is 0 Å². The summed E-state index contributed by atoms with van der Waals surface area (Å²) in [6.45, 7) is 0. The number of allylic oxidation sites excluding steroid dienone is 1. The third-order valence-electron chi connectivity index (χ3n) is 1.31. The Labute approximate surface area is 63.5 Å². The van der Waals surface area contributed by atoms with Gasteiger partial charge in [0.15, 0.2) is 0 Å². The minimum absolute atomic E-state index is 0.449. The summed E-state index contributed by atoms with van der Waals surface area (Å²) in [7, 11) is 3.75. The maximum absolute atomic E-state index is 5.58. The number of hydrogen-bond acceptors (Lipinski definition) is 2. The molecule has 60 valence electrons. The molecule has 0 radical (unpaired) electrons. The lowest BCUT2D eigenvalue weighted by molar-refractivity contribution is 0.606. The second-order valence-corrected chi connectivity index (χ2v) is 2.54. The quantitative estimate of drug-likeness (QED) is 0.493. The predicted octanol–water partition coefficient (Wildman–Crippen LogP) is 0.889. The summed E-state index contributed by atoms with van der Waals surface area (Å²) in [5.41, 5.74) is 5.58. The molecule has 3 N–H and O–H groups in total. The molecule has 0 saturated heterocycles. The average molecular weight is 142 g/mol. The van der Waals surface area contributed by atoms with Gasteiger partial charge < -0.3 is 11.1 Å². The van der Waals surface area contributed by atoms with Crippen LogP contribution in [-0.2, 0) is 0 Å². The monoisotopic (exact) mass is 142 g/mol. The minimum Gasteiger partial charge on any atom is -0.327 e. The number of nitrogens with one attached hydrogen (secondary N) is 1. The molecule has 1 aliphatic carbocycles. The SMILES string of the molecule is CNC.NC1CC=CCC1. The van der Waals surface area contributed by atoms with Crippen molar-refractivity contribution in [3.63, 3.8) is 0 Å². The second kappa shape index (κ2) is 6.78. The number of hydrogen-bond donors (Lipinski definition) is 2. The Morgan fingerprint density at radius 2 is 2.00 bits per heavy atom. The first-order valence-electron chi connectivity index (χ1n) is 3.80. The van der Waals surface area contributed by atoms with Crippen molar-refractivity contribution in [2.75, 3.05) is 14.1 Å². The normalized spacial score (nSPS) is 23.3. The third-order valence-corrected chi connectivity index (χ3v) is 1.31. The molecule has 2 nitrogen and oxygen atoms in total. The molecule has 0 aliphatic heterocycles. The average Bonchev–Trinajstić information content (AvgIpc) is 1.91. The van der Waals surface area contributed by atoms with E-state index in [0.717, 1.165) is 6.42 Å². The summed E-state index contributed by atoms with van der Waals surface area (Å²) in [6, 6.07) is 0.449. The summed E-state index contributed by atoms with van der Waals surface area (Å²) in [5.74, 6) is 0. The molecule has 0 aromatic heterocycles. The zero-order valence-electron chi connectivity index (χ0n) is 6.93. The van der Waals surface area contributed by atoms with Gasteiger partial charge >= 0.3 is 0 Å². The summed E-state index contributed by atoms with van der Waals surface area (Å²) in [5, 5.41) is 2.75. The van der Waals surface area contributed by atoms with Crippen molar-refractivity contribution >= 4 is 0 Å². The first-order valence-corrected chi connectivity index (χ1v) is 3.80. The van der Waals surface area contributed by atoms with Gasteiger partial charge in [0.05, 0.1) is 0 Å². The molecule has 0 fully saturated rings. The summed E-state index contributed by atoms with van der Waals surface area (Å²) in [4.78, 5) is 0. The van der Waals surface area contributed by atoms with Gasteiger partial charge in [-0.3, -0.25) is 0 Å². The van der Waals surface area contributed by atoms with Gasteiger partial charge in [-0.15, -0.1) is 0 Å². The van der Waals surface area contributed by atoms with Crippen molar-refractivity contribution in [3.8, 4) is 0 Å². The van der Waals surface area contributed by atoms with E-state index in [1.165, 1.54) is 12.8 Å². The second-order valence-electron chi connectivity index (χ2n) is 2.54. The van der Waals surface area contributed by atoms with E-state index in [4.69, 9.17) is 5.73 Å². The van der Waals surface area contributed by atoms with E-state index in [9.17, 15) is 0 Å². The van der Waals surface area contributed by atoms with Gasteiger partial charge in [0.1, 0.15) is 0 Å². The van der Waals surface area contributed by atoms with Crippen LogP contribution >= 0.6 is 0 Å². The van der Waals surface area contributed by atoms with E-state index in [0.29, 0.717) is 6.04 Å². The molecule has 1 atom stereocenters. The fourth-order valence-electron chi connectivity index (χ4n) is 0.817. The van der Waals surface area contributed by atoms with Crippen molar-refractivity contribution in [2.45, 2.75) is 25.3 Å². The maximum Gasteiger partial charge on any atom is 0.00763 e. The molecular formula is C8H18N2. The smallest absolute Gasteiger partial charge is 0.00763 e. The largest absolute Gasteiger partial charge is 0.327 e. The van der Waals surface area contributed by atoms with Gasteiger partial charge in [0.2, 0.25) is 0 Å². The fourth-order valence-corrected chi connectivity index (χ4v) is 0.817. The minimum atomic E-state index is 0.449. The van der Waals surface area contributed by atoms with E-state index < -0.39 is 0 Å². The van der Waals surface area contributed by atoms with Gasteiger partial charge in [-0.2, -0.15) is 0 Å². The van der Waals surface area contributed by atoms with Crippen molar-refractivity contribution in [2.24, 2.45) is 5.73 Å². The maximum atomic E-state index is 5.58. The van der Waals surface area contributed by atoms with Gasteiger partial charge in [0, 0.05) is 6.04 Å². The zero-order chi connectivity index (χ0) is 7.82. The van der Waals surface area contributed by atoms with E-state index in [2.05, 4.69) is 17.5 Å². The van der Waals surface area contributed by atoms with Gasteiger partial charge in [0.25, 0.3) is 0 Å². The molecule has 0 heterocycles. The number of rotatable bonds is 0. The van der Waals surface area contributed by atoms with Crippen LogP contribution in [-0.4, -0.2) is 20.1 Å². The van der Waals surface area contributed by atoms with E-state index in [-0.39, 0.29) is 0 Å². The summed E-state index contributed by atoms with van der Waals surface area (Å²) in [6.07, 6.45) is 7.80. The lowest BCUT2D eigenvalue weighted by Gasteiger charge is -2.09. The van der Waals surface area contributed by atoms with Crippen LogP contribution in [0.15, 0.2) is 12.2 Å². The van der Waals surface area contributed by atoms with Crippen LogP contribution in [0.5, 0.6) is 0 Å². The highest BCUT2D eigenvalue weighted by Crippen LogP contribution is 2.06. The zero-order valence-corrected chi connectivity index (χ0v) is 6.93. The third kappa shape index (κ3) is 5.79. The molecule has 0 amide bonds. The molecule has 1 aliphatic rings. The first kappa shape index (κ1) is 9.66. The van der Waals surface area contributed by atoms with Crippen LogP contribution in [0.1, 0.15) is 19.3 Å². The Bertz CT molecular complexity index is 89.3. The van der Waals surface area contributed by atoms with Crippen molar-refractivity contribution < 1.29 is 0 Å². The summed E-state index contributed by atoms with van der Waals surface area (Å²) < 4.78 is 0. The van der Waals surface area contributed by atoms with E-state index >= 15 is 0 Å². The van der Waals surface area contributed by atoms with Crippen molar-refractivity contribution in [1.82, 2.24) is 5.32 Å². The van der Waals surface area contributed by atoms with Crippen LogP contribution in [0.3, 0.4) is 0 Å². The van der Waals surface area contributed by atoms with Crippen LogP contribution in [0.2, 0.25) is 0 Å². The Balaban J connectivity index is 0.000000236. The highest BCUT2D eigenvalue weighted by Gasteiger charge is 2.00. The fraction of sp³-hybridized carbons (Fsp3) is 0.750. The number of nitrogens with two attached hydrogens (primary N) is 1. The molecule has 0 aromatic carbocycles. The predicted molar refractivity (Wildman–Crippen MR) is 46.0 cm³/mol. The Morgan fingerprint density at radius 1 is 1.40 bits per heavy atom. The Morgan fingerprint density at radius 3 is 2.20 bits per heavy atom. The molecule has 0 saturated carbocycles. The molecule has 2 heteroatoms. The van der Waals surface area contributed by atoms with Gasteiger partial charge in [-0.25, -0.2) is 0 Å². The lowest BCUT2D eigenvalue weighted by Crippen LogP contribution is -2.19. The molecule has 1 rings (SSSR count). The standard InChI is InChI=1S/C6H11N.C2H7N/c7-6-4-2-1-3-5-6;1-3-2/h1-2,6H,3-5,7H2;3H,1-2H3.